The Morgan fingerprint density at radius 2 is 2.14 bits per heavy atom. The van der Waals surface area contributed by atoms with Gasteiger partial charge in [0.2, 0.25) is 0 Å². The maximum atomic E-state index is 12.2. The number of thiazole rings is 1. The smallest absolute Gasteiger partial charge is 0.273 e. The summed E-state index contributed by atoms with van der Waals surface area (Å²) in [5, 5.41) is 0. The summed E-state index contributed by atoms with van der Waals surface area (Å²) in [5.74, 6) is 0.989. The van der Waals surface area contributed by atoms with Gasteiger partial charge >= 0.3 is 0 Å². The second kappa shape index (κ2) is 6.50. The summed E-state index contributed by atoms with van der Waals surface area (Å²) in [7, 11) is -2.23. The van der Waals surface area contributed by atoms with Gasteiger partial charge in [-0.05, 0) is 19.1 Å². The molecule has 1 heterocycles. The number of methoxy groups -OCH3 is 1. The normalized spacial score (nSPS) is 11.2. The Morgan fingerprint density at radius 1 is 1.38 bits per heavy atom. The third-order valence-electron chi connectivity index (χ3n) is 2.44. The van der Waals surface area contributed by atoms with Crippen LogP contribution >= 0.6 is 22.9 Å². The topological polar surface area (TPSA) is 77.5 Å². The van der Waals surface area contributed by atoms with Crippen molar-refractivity contribution in [3.05, 3.63) is 28.9 Å². The zero-order valence-electron chi connectivity index (χ0n) is 11.3. The molecule has 0 saturated carbocycles. The first kappa shape index (κ1) is 15.9. The first-order valence-corrected chi connectivity index (χ1v) is 8.59. The highest BCUT2D eigenvalue weighted by Crippen LogP contribution is 2.32. The van der Waals surface area contributed by atoms with E-state index in [0.717, 1.165) is 11.3 Å². The molecule has 0 aliphatic heterocycles. The van der Waals surface area contributed by atoms with Crippen molar-refractivity contribution < 1.29 is 17.9 Å². The molecule has 0 atom stereocenters. The van der Waals surface area contributed by atoms with E-state index in [1.807, 2.05) is 6.92 Å². The standard InChI is InChI=1S/C12H13ClN2O4S2/c1-3-19-9-5-4-8(6-10(9)18-2)15-21(16,17)11-7-14-12(13)20-11/h4-7,15H,3H2,1-2H3. The van der Waals surface area contributed by atoms with Gasteiger partial charge < -0.3 is 9.47 Å². The molecule has 1 N–H and O–H groups in total. The third-order valence-corrected chi connectivity index (χ3v) is 5.39. The zero-order chi connectivity index (χ0) is 15.5. The van der Waals surface area contributed by atoms with Crippen molar-refractivity contribution in [1.82, 2.24) is 4.98 Å². The van der Waals surface area contributed by atoms with Crippen LogP contribution in [0.2, 0.25) is 4.47 Å². The number of anilines is 1. The molecule has 1 aromatic carbocycles. The number of hydrogen-bond acceptors (Lipinski definition) is 6. The molecule has 6 nitrogen and oxygen atoms in total. The van der Waals surface area contributed by atoms with E-state index in [9.17, 15) is 8.42 Å². The lowest BCUT2D eigenvalue weighted by Gasteiger charge is -2.12. The van der Waals surface area contributed by atoms with Crippen LogP contribution in [0.1, 0.15) is 6.92 Å². The molecule has 9 heteroatoms. The molecule has 0 unspecified atom stereocenters. The van der Waals surface area contributed by atoms with Crippen LogP contribution in [0.25, 0.3) is 0 Å². The van der Waals surface area contributed by atoms with E-state index in [-0.39, 0.29) is 8.68 Å². The predicted molar refractivity (Wildman–Crippen MR) is 82.1 cm³/mol. The van der Waals surface area contributed by atoms with Gasteiger partial charge in [-0.1, -0.05) is 22.9 Å². The minimum Gasteiger partial charge on any atom is -0.493 e. The second-order valence-electron chi connectivity index (χ2n) is 3.84. The van der Waals surface area contributed by atoms with Crippen LogP contribution in [-0.4, -0.2) is 27.1 Å². The lowest BCUT2D eigenvalue weighted by molar-refractivity contribution is 0.311. The van der Waals surface area contributed by atoms with Crippen LogP contribution in [0.15, 0.2) is 28.6 Å². The van der Waals surface area contributed by atoms with Crippen LogP contribution in [0.3, 0.4) is 0 Å². The summed E-state index contributed by atoms with van der Waals surface area (Å²) in [6.07, 6.45) is 1.21. The quantitative estimate of drug-likeness (QED) is 0.868. The van der Waals surface area contributed by atoms with Gasteiger partial charge in [-0.25, -0.2) is 13.4 Å². The number of nitrogens with one attached hydrogen (secondary N) is 1. The molecular formula is C12H13ClN2O4S2. The molecule has 0 aliphatic carbocycles. The van der Waals surface area contributed by atoms with Gasteiger partial charge in [-0.3, -0.25) is 4.72 Å². The van der Waals surface area contributed by atoms with E-state index in [1.165, 1.54) is 13.3 Å². The Morgan fingerprint density at radius 3 is 2.71 bits per heavy atom. The fourth-order valence-electron chi connectivity index (χ4n) is 1.57. The molecule has 0 spiro atoms. The molecule has 0 aliphatic rings. The van der Waals surface area contributed by atoms with Crippen LogP contribution < -0.4 is 14.2 Å². The average molecular weight is 349 g/mol. The molecule has 0 fully saturated rings. The van der Waals surface area contributed by atoms with E-state index < -0.39 is 10.0 Å². The largest absolute Gasteiger partial charge is 0.493 e. The minimum absolute atomic E-state index is 0.0420. The van der Waals surface area contributed by atoms with Crippen molar-refractivity contribution in [3.8, 4) is 11.5 Å². The fourth-order valence-corrected chi connectivity index (χ4v) is 3.92. The van der Waals surface area contributed by atoms with Gasteiger partial charge in [0.15, 0.2) is 20.2 Å². The highest BCUT2D eigenvalue weighted by molar-refractivity contribution is 7.94. The van der Waals surface area contributed by atoms with Gasteiger partial charge in [0.1, 0.15) is 0 Å². The first-order chi connectivity index (χ1) is 9.96. The van der Waals surface area contributed by atoms with Crippen LogP contribution in [0.4, 0.5) is 5.69 Å². The van der Waals surface area contributed by atoms with Gasteiger partial charge in [-0.15, -0.1) is 0 Å². The summed E-state index contributed by atoms with van der Waals surface area (Å²) >= 11 is 6.53. The Kier molecular flexibility index (Phi) is 4.92. The van der Waals surface area contributed by atoms with Crippen molar-refractivity contribution in [2.45, 2.75) is 11.1 Å². The zero-order valence-corrected chi connectivity index (χ0v) is 13.7. The fraction of sp³-hybridized carbons (Fsp3) is 0.250. The summed E-state index contributed by atoms with van der Waals surface area (Å²) in [5.41, 5.74) is 0.361. The van der Waals surface area contributed by atoms with Gasteiger partial charge in [-0.2, -0.15) is 0 Å². The minimum atomic E-state index is -3.72. The van der Waals surface area contributed by atoms with E-state index in [0.29, 0.717) is 23.8 Å². The van der Waals surface area contributed by atoms with Crippen molar-refractivity contribution in [1.29, 1.82) is 0 Å². The summed E-state index contributed by atoms with van der Waals surface area (Å²) in [4.78, 5) is 3.72. The summed E-state index contributed by atoms with van der Waals surface area (Å²) in [6, 6.07) is 4.78. The van der Waals surface area contributed by atoms with E-state index in [1.54, 1.807) is 18.2 Å². The second-order valence-corrected chi connectivity index (χ2v) is 7.36. The molecule has 0 bridgehead atoms. The molecule has 114 valence electrons. The van der Waals surface area contributed by atoms with Crippen molar-refractivity contribution in [2.24, 2.45) is 0 Å². The monoisotopic (exact) mass is 348 g/mol. The third kappa shape index (κ3) is 3.78. The van der Waals surface area contributed by atoms with Crippen LogP contribution in [0.5, 0.6) is 11.5 Å². The van der Waals surface area contributed by atoms with Gasteiger partial charge in [0, 0.05) is 6.07 Å². The molecule has 1 aromatic heterocycles. The average Bonchev–Trinajstić information content (AvgIpc) is 2.88. The lowest BCUT2D eigenvalue weighted by Crippen LogP contribution is -2.11. The number of sulfonamides is 1. The van der Waals surface area contributed by atoms with Crippen molar-refractivity contribution in [2.75, 3.05) is 18.4 Å². The van der Waals surface area contributed by atoms with Crippen LogP contribution in [-0.2, 0) is 10.0 Å². The highest BCUT2D eigenvalue weighted by atomic mass is 35.5. The molecule has 0 radical (unpaired) electrons. The number of benzene rings is 1. The maximum Gasteiger partial charge on any atom is 0.273 e. The number of halogens is 1. The number of ether oxygens (including phenoxy) is 2. The first-order valence-electron chi connectivity index (χ1n) is 5.91. The molecule has 2 rings (SSSR count). The lowest BCUT2D eigenvalue weighted by atomic mass is 10.3. The number of aromatic nitrogens is 1. The molecule has 21 heavy (non-hydrogen) atoms. The van der Waals surface area contributed by atoms with Crippen molar-refractivity contribution in [3.63, 3.8) is 0 Å². The Balaban J connectivity index is 2.27. The Labute approximate surface area is 131 Å². The van der Waals surface area contributed by atoms with Gasteiger partial charge in [0.25, 0.3) is 10.0 Å². The van der Waals surface area contributed by atoms with E-state index >= 15 is 0 Å². The number of rotatable bonds is 6. The predicted octanol–water partition coefficient (Wildman–Crippen LogP) is 3.00. The number of hydrogen-bond donors (Lipinski definition) is 1. The van der Waals surface area contributed by atoms with Crippen LogP contribution in [0, 0.1) is 0 Å². The SMILES string of the molecule is CCOc1ccc(NS(=O)(=O)c2cnc(Cl)s2)cc1OC. The van der Waals surface area contributed by atoms with E-state index in [2.05, 4.69) is 9.71 Å². The summed E-state index contributed by atoms with van der Waals surface area (Å²) in [6.45, 7) is 2.34. The molecular weight excluding hydrogens is 336 g/mol. The molecule has 0 saturated heterocycles. The van der Waals surface area contributed by atoms with Gasteiger partial charge in [0.05, 0.1) is 25.6 Å². The number of nitrogens with zero attached hydrogens (tertiary/aromatic N) is 1. The highest BCUT2D eigenvalue weighted by Gasteiger charge is 2.18. The van der Waals surface area contributed by atoms with E-state index in [4.69, 9.17) is 21.1 Å². The molecule has 2 aromatic rings. The maximum absolute atomic E-state index is 12.2. The summed E-state index contributed by atoms with van der Waals surface area (Å²) < 4.78 is 37.5. The Hall–Kier alpha value is -1.51. The molecule has 0 amide bonds. The van der Waals surface area contributed by atoms with Crippen molar-refractivity contribution >= 4 is 38.6 Å². The Bertz CT molecular complexity index is 731.